The summed E-state index contributed by atoms with van der Waals surface area (Å²) in [5.74, 6) is 1.79. The van der Waals surface area contributed by atoms with Crippen molar-refractivity contribution < 1.29 is 4.79 Å². The van der Waals surface area contributed by atoms with Gasteiger partial charge in [0.25, 0.3) is 0 Å². The highest BCUT2D eigenvalue weighted by Crippen LogP contribution is 2.17. The van der Waals surface area contributed by atoms with E-state index in [1.165, 1.54) is 5.56 Å². The molecular formula is C12H17ClN2OS. The predicted octanol–water partition coefficient (Wildman–Crippen LogP) is 2.33. The number of hydrogen-bond donors (Lipinski definition) is 2. The third-order valence-corrected chi connectivity index (χ3v) is 3.61. The highest BCUT2D eigenvalue weighted by atomic mass is 35.5. The fraction of sp³-hybridized carbons (Fsp3) is 0.417. The Morgan fingerprint density at radius 1 is 1.47 bits per heavy atom. The van der Waals surface area contributed by atoms with Crippen LogP contribution in [-0.4, -0.2) is 23.6 Å². The average molecular weight is 273 g/mol. The molecule has 1 aliphatic heterocycles. The van der Waals surface area contributed by atoms with Crippen molar-refractivity contribution in [1.82, 2.24) is 5.32 Å². The van der Waals surface area contributed by atoms with Gasteiger partial charge in [-0.3, -0.25) is 10.1 Å². The molecule has 1 heterocycles. The molecular weight excluding hydrogens is 256 g/mol. The van der Waals surface area contributed by atoms with Gasteiger partial charge < -0.3 is 5.32 Å². The summed E-state index contributed by atoms with van der Waals surface area (Å²) in [5.41, 5.74) is 3.23. The van der Waals surface area contributed by atoms with Crippen molar-refractivity contribution >= 4 is 35.8 Å². The summed E-state index contributed by atoms with van der Waals surface area (Å²) >= 11 is 1.76. The minimum absolute atomic E-state index is 0. The van der Waals surface area contributed by atoms with E-state index < -0.39 is 0 Å². The fourth-order valence-electron chi connectivity index (χ4n) is 1.74. The van der Waals surface area contributed by atoms with E-state index in [1.807, 2.05) is 26.0 Å². The molecule has 1 fully saturated rings. The van der Waals surface area contributed by atoms with Gasteiger partial charge in [-0.1, -0.05) is 17.7 Å². The Morgan fingerprint density at radius 3 is 2.82 bits per heavy atom. The van der Waals surface area contributed by atoms with Crippen LogP contribution in [0.5, 0.6) is 0 Å². The van der Waals surface area contributed by atoms with Gasteiger partial charge in [-0.2, -0.15) is 0 Å². The number of carbonyl (C=O) groups excluding carboxylic acids is 1. The van der Waals surface area contributed by atoms with Gasteiger partial charge in [0, 0.05) is 17.3 Å². The number of anilines is 1. The van der Waals surface area contributed by atoms with E-state index in [9.17, 15) is 4.79 Å². The summed E-state index contributed by atoms with van der Waals surface area (Å²) in [6.45, 7) is 4.06. The quantitative estimate of drug-likeness (QED) is 0.868. The number of carbonyl (C=O) groups is 1. The highest BCUT2D eigenvalue weighted by Gasteiger charge is 2.22. The zero-order chi connectivity index (χ0) is 11.5. The number of hydrogen-bond acceptors (Lipinski definition) is 3. The van der Waals surface area contributed by atoms with Gasteiger partial charge in [0.2, 0.25) is 5.91 Å². The zero-order valence-corrected chi connectivity index (χ0v) is 11.6. The second kappa shape index (κ2) is 6.28. The average Bonchev–Trinajstić information content (AvgIpc) is 2.75. The molecule has 1 unspecified atom stereocenters. The Morgan fingerprint density at radius 2 is 2.24 bits per heavy atom. The van der Waals surface area contributed by atoms with E-state index in [4.69, 9.17) is 0 Å². The van der Waals surface area contributed by atoms with Crippen LogP contribution in [0.3, 0.4) is 0 Å². The number of rotatable bonds is 2. The molecule has 0 saturated carbocycles. The summed E-state index contributed by atoms with van der Waals surface area (Å²) in [4.78, 5) is 11.9. The molecule has 1 aliphatic rings. The van der Waals surface area contributed by atoms with Crippen molar-refractivity contribution in [2.45, 2.75) is 19.9 Å². The van der Waals surface area contributed by atoms with Crippen LogP contribution in [0.15, 0.2) is 18.2 Å². The maximum atomic E-state index is 11.9. The van der Waals surface area contributed by atoms with Gasteiger partial charge in [0.15, 0.2) is 0 Å². The molecule has 0 aromatic heterocycles. The number of benzene rings is 1. The molecule has 2 rings (SSSR count). The SMILES string of the molecule is Cc1ccc(NC(=O)C2CSCN2)c(C)c1.Cl. The Labute approximate surface area is 112 Å². The maximum Gasteiger partial charge on any atom is 0.242 e. The molecule has 94 valence electrons. The molecule has 0 bridgehead atoms. The van der Waals surface area contributed by atoms with E-state index in [2.05, 4.69) is 16.7 Å². The van der Waals surface area contributed by atoms with Crippen LogP contribution >= 0.6 is 24.2 Å². The van der Waals surface area contributed by atoms with Gasteiger partial charge in [-0.05, 0) is 25.5 Å². The van der Waals surface area contributed by atoms with Crippen molar-refractivity contribution in [3.63, 3.8) is 0 Å². The molecule has 1 saturated heterocycles. The van der Waals surface area contributed by atoms with Crippen molar-refractivity contribution in [3.05, 3.63) is 29.3 Å². The molecule has 17 heavy (non-hydrogen) atoms. The van der Waals surface area contributed by atoms with E-state index in [0.29, 0.717) is 0 Å². The van der Waals surface area contributed by atoms with Crippen molar-refractivity contribution in [2.24, 2.45) is 0 Å². The summed E-state index contributed by atoms with van der Waals surface area (Å²) in [5, 5.41) is 6.12. The first kappa shape index (κ1) is 14.4. The van der Waals surface area contributed by atoms with Crippen molar-refractivity contribution in [1.29, 1.82) is 0 Å². The Kier molecular flexibility index (Phi) is 5.31. The van der Waals surface area contributed by atoms with Gasteiger partial charge in [0.1, 0.15) is 0 Å². The smallest absolute Gasteiger partial charge is 0.242 e. The van der Waals surface area contributed by atoms with E-state index in [-0.39, 0.29) is 24.4 Å². The molecule has 0 aliphatic carbocycles. The number of aryl methyl sites for hydroxylation is 2. The highest BCUT2D eigenvalue weighted by molar-refractivity contribution is 7.99. The van der Waals surface area contributed by atoms with Crippen LogP contribution in [0.4, 0.5) is 5.69 Å². The van der Waals surface area contributed by atoms with Gasteiger partial charge >= 0.3 is 0 Å². The summed E-state index contributed by atoms with van der Waals surface area (Å²) in [7, 11) is 0. The lowest BCUT2D eigenvalue weighted by Gasteiger charge is -2.12. The van der Waals surface area contributed by atoms with Gasteiger partial charge in [-0.25, -0.2) is 0 Å². The second-order valence-corrected chi connectivity index (χ2v) is 5.11. The largest absolute Gasteiger partial charge is 0.324 e. The topological polar surface area (TPSA) is 41.1 Å². The number of thioether (sulfide) groups is 1. The molecule has 1 aromatic rings. The number of halogens is 1. The maximum absolute atomic E-state index is 11.9. The normalized spacial score (nSPS) is 18.6. The Balaban J connectivity index is 0.00000144. The molecule has 5 heteroatoms. The minimum atomic E-state index is -0.0503. The molecule has 1 aromatic carbocycles. The standard InChI is InChI=1S/C12H16N2OS.ClH/c1-8-3-4-10(9(2)5-8)14-12(15)11-6-16-7-13-11;/h3-5,11,13H,6-7H2,1-2H3,(H,14,15);1H. The first-order valence-corrected chi connectivity index (χ1v) is 6.51. The molecule has 0 spiro atoms. The third-order valence-electron chi connectivity index (χ3n) is 2.67. The fourth-order valence-corrected chi connectivity index (χ4v) is 2.68. The van der Waals surface area contributed by atoms with Crippen LogP contribution < -0.4 is 10.6 Å². The van der Waals surface area contributed by atoms with Gasteiger partial charge in [0.05, 0.1) is 6.04 Å². The monoisotopic (exact) mass is 272 g/mol. The van der Waals surface area contributed by atoms with Gasteiger partial charge in [-0.15, -0.1) is 24.2 Å². The molecule has 2 N–H and O–H groups in total. The molecule has 0 radical (unpaired) electrons. The van der Waals surface area contributed by atoms with E-state index >= 15 is 0 Å². The van der Waals surface area contributed by atoms with Crippen LogP contribution in [0, 0.1) is 13.8 Å². The Hall–Kier alpha value is -0.710. The lowest BCUT2D eigenvalue weighted by molar-refractivity contribution is -0.117. The third kappa shape index (κ3) is 3.63. The van der Waals surface area contributed by atoms with Crippen molar-refractivity contribution in [3.8, 4) is 0 Å². The first-order chi connectivity index (χ1) is 7.66. The first-order valence-electron chi connectivity index (χ1n) is 5.36. The summed E-state index contributed by atoms with van der Waals surface area (Å²) in [6.07, 6.45) is 0. The second-order valence-electron chi connectivity index (χ2n) is 4.08. The Bertz CT molecular complexity index is 405. The zero-order valence-electron chi connectivity index (χ0n) is 9.95. The summed E-state index contributed by atoms with van der Waals surface area (Å²) in [6, 6.07) is 6.00. The minimum Gasteiger partial charge on any atom is -0.324 e. The predicted molar refractivity (Wildman–Crippen MR) is 76.0 cm³/mol. The number of nitrogens with one attached hydrogen (secondary N) is 2. The van der Waals surface area contributed by atoms with Crippen LogP contribution in [0.25, 0.3) is 0 Å². The molecule has 3 nitrogen and oxygen atoms in total. The summed E-state index contributed by atoms with van der Waals surface area (Å²) < 4.78 is 0. The number of amides is 1. The van der Waals surface area contributed by atoms with Crippen LogP contribution in [-0.2, 0) is 4.79 Å². The lowest BCUT2D eigenvalue weighted by Crippen LogP contribution is -2.37. The van der Waals surface area contributed by atoms with Crippen molar-refractivity contribution in [2.75, 3.05) is 16.9 Å². The van der Waals surface area contributed by atoms with Crippen LogP contribution in [0.2, 0.25) is 0 Å². The molecule has 1 amide bonds. The lowest BCUT2D eigenvalue weighted by atomic mass is 10.1. The molecule has 1 atom stereocenters. The van der Waals surface area contributed by atoms with E-state index in [0.717, 1.165) is 22.9 Å². The van der Waals surface area contributed by atoms with Crippen LogP contribution in [0.1, 0.15) is 11.1 Å². The van der Waals surface area contributed by atoms with E-state index in [1.54, 1.807) is 11.8 Å².